The maximum atomic E-state index is 13.3. The van der Waals surface area contributed by atoms with E-state index in [0.29, 0.717) is 5.69 Å². The number of para-hydroxylation sites is 1. The van der Waals surface area contributed by atoms with Gasteiger partial charge < -0.3 is 5.73 Å². The van der Waals surface area contributed by atoms with Gasteiger partial charge in [0.15, 0.2) is 11.6 Å². The monoisotopic (exact) mass is 259 g/mol. The van der Waals surface area contributed by atoms with Crippen LogP contribution in [0.4, 0.5) is 14.7 Å². The van der Waals surface area contributed by atoms with E-state index in [2.05, 4.69) is 4.98 Å². The molecular formula is C14H11F2N3. The van der Waals surface area contributed by atoms with Crippen molar-refractivity contribution in [3.05, 3.63) is 53.6 Å². The molecule has 96 valence electrons. The number of hydrogen-bond donors (Lipinski definition) is 1. The molecule has 0 aliphatic rings. The Bertz CT molecular complexity index is 778. The summed E-state index contributed by atoms with van der Waals surface area (Å²) in [5.41, 5.74) is 8.83. The third kappa shape index (κ3) is 1.74. The lowest BCUT2D eigenvalue weighted by atomic mass is 10.2. The largest absolute Gasteiger partial charge is 0.369 e. The number of nitrogens with two attached hydrogens (primary N) is 1. The number of aryl methyl sites for hydroxylation is 1. The normalized spacial score (nSPS) is 11.1. The predicted molar refractivity (Wildman–Crippen MR) is 70.1 cm³/mol. The van der Waals surface area contributed by atoms with Crippen LogP contribution >= 0.6 is 0 Å². The Labute approximate surface area is 108 Å². The molecule has 2 aromatic carbocycles. The minimum absolute atomic E-state index is 0.246. The van der Waals surface area contributed by atoms with Crippen LogP contribution in [0.2, 0.25) is 0 Å². The molecule has 3 aromatic rings. The van der Waals surface area contributed by atoms with Crippen LogP contribution in [0.15, 0.2) is 36.4 Å². The molecule has 0 fully saturated rings. The molecule has 0 bridgehead atoms. The first-order valence-corrected chi connectivity index (χ1v) is 5.77. The standard InChI is InChI=1S/C14H11F2N3/c1-8-3-2-4-12-13(8)18-14(17)19(12)9-5-6-10(15)11(16)7-9/h2-7H,1H3,(H2,17,18). The van der Waals surface area contributed by atoms with E-state index in [1.54, 1.807) is 4.57 Å². The van der Waals surface area contributed by atoms with Crippen LogP contribution in [0, 0.1) is 18.6 Å². The fraction of sp³-hybridized carbons (Fsp3) is 0.0714. The van der Waals surface area contributed by atoms with Gasteiger partial charge in [-0.1, -0.05) is 12.1 Å². The van der Waals surface area contributed by atoms with Crippen molar-refractivity contribution in [1.82, 2.24) is 9.55 Å². The first kappa shape index (κ1) is 11.6. The number of hydrogen-bond acceptors (Lipinski definition) is 2. The van der Waals surface area contributed by atoms with Gasteiger partial charge in [0.1, 0.15) is 0 Å². The Morgan fingerprint density at radius 3 is 2.63 bits per heavy atom. The van der Waals surface area contributed by atoms with Crippen LogP contribution < -0.4 is 5.73 Å². The minimum atomic E-state index is -0.911. The second-order valence-electron chi connectivity index (χ2n) is 4.35. The molecule has 0 spiro atoms. The fourth-order valence-electron chi connectivity index (χ4n) is 2.15. The molecule has 0 amide bonds. The SMILES string of the molecule is Cc1cccc2c1nc(N)n2-c1ccc(F)c(F)c1. The number of imidazole rings is 1. The number of anilines is 1. The van der Waals surface area contributed by atoms with Gasteiger partial charge >= 0.3 is 0 Å². The average molecular weight is 259 g/mol. The number of nitrogens with zero attached hydrogens (tertiary/aromatic N) is 2. The van der Waals surface area contributed by atoms with Crippen LogP contribution in [0.25, 0.3) is 16.7 Å². The maximum Gasteiger partial charge on any atom is 0.205 e. The number of aromatic nitrogens is 2. The summed E-state index contributed by atoms with van der Waals surface area (Å²) >= 11 is 0. The molecule has 0 aliphatic heterocycles. The maximum absolute atomic E-state index is 13.3. The highest BCUT2D eigenvalue weighted by atomic mass is 19.2. The third-order valence-electron chi connectivity index (χ3n) is 3.07. The Balaban J connectivity index is 2.33. The predicted octanol–water partition coefficient (Wildman–Crippen LogP) is 3.19. The van der Waals surface area contributed by atoms with E-state index in [1.165, 1.54) is 6.07 Å². The lowest BCUT2D eigenvalue weighted by Crippen LogP contribution is -2.01. The average Bonchev–Trinajstić information content (AvgIpc) is 2.71. The second-order valence-corrected chi connectivity index (χ2v) is 4.35. The molecule has 3 nitrogen and oxygen atoms in total. The number of fused-ring (bicyclic) bond motifs is 1. The van der Waals surface area contributed by atoms with Crippen molar-refractivity contribution in [2.24, 2.45) is 0 Å². The smallest absolute Gasteiger partial charge is 0.205 e. The Morgan fingerprint density at radius 1 is 1.11 bits per heavy atom. The zero-order chi connectivity index (χ0) is 13.6. The highest BCUT2D eigenvalue weighted by Crippen LogP contribution is 2.25. The van der Waals surface area contributed by atoms with Crippen molar-refractivity contribution < 1.29 is 8.78 Å². The Morgan fingerprint density at radius 2 is 1.89 bits per heavy atom. The lowest BCUT2D eigenvalue weighted by Gasteiger charge is -2.07. The topological polar surface area (TPSA) is 43.8 Å². The van der Waals surface area contributed by atoms with Gasteiger partial charge in [-0.15, -0.1) is 0 Å². The lowest BCUT2D eigenvalue weighted by molar-refractivity contribution is 0.508. The van der Waals surface area contributed by atoms with Gasteiger partial charge in [-0.05, 0) is 30.7 Å². The molecule has 3 rings (SSSR count). The van der Waals surface area contributed by atoms with E-state index >= 15 is 0 Å². The molecule has 0 saturated heterocycles. The molecule has 1 heterocycles. The molecule has 5 heteroatoms. The first-order valence-electron chi connectivity index (χ1n) is 5.77. The van der Waals surface area contributed by atoms with Crippen molar-refractivity contribution in [2.45, 2.75) is 6.92 Å². The second kappa shape index (κ2) is 4.05. The molecule has 0 atom stereocenters. The molecule has 0 saturated carbocycles. The summed E-state index contributed by atoms with van der Waals surface area (Å²) in [7, 11) is 0. The van der Waals surface area contributed by atoms with Crippen LogP contribution in [-0.2, 0) is 0 Å². The van der Waals surface area contributed by atoms with Crippen LogP contribution in [0.3, 0.4) is 0 Å². The molecule has 2 N–H and O–H groups in total. The molecule has 0 aliphatic carbocycles. The van der Waals surface area contributed by atoms with Crippen molar-refractivity contribution in [3.8, 4) is 5.69 Å². The van der Waals surface area contributed by atoms with Gasteiger partial charge in [0.05, 0.1) is 16.7 Å². The van der Waals surface area contributed by atoms with Gasteiger partial charge in [0.25, 0.3) is 0 Å². The van der Waals surface area contributed by atoms with Gasteiger partial charge in [0.2, 0.25) is 5.95 Å². The van der Waals surface area contributed by atoms with Gasteiger partial charge in [-0.25, -0.2) is 13.8 Å². The molecule has 1 aromatic heterocycles. The van der Waals surface area contributed by atoms with Gasteiger partial charge in [-0.3, -0.25) is 4.57 Å². The summed E-state index contributed by atoms with van der Waals surface area (Å²) in [5.74, 6) is -1.55. The van der Waals surface area contributed by atoms with Crippen molar-refractivity contribution in [2.75, 3.05) is 5.73 Å². The Hall–Kier alpha value is -2.43. The zero-order valence-electron chi connectivity index (χ0n) is 10.2. The summed E-state index contributed by atoms with van der Waals surface area (Å²) in [5, 5.41) is 0. The number of rotatable bonds is 1. The zero-order valence-corrected chi connectivity index (χ0v) is 10.2. The van der Waals surface area contributed by atoms with Crippen molar-refractivity contribution in [1.29, 1.82) is 0 Å². The highest BCUT2D eigenvalue weighted by molar-refractivity contribution is 5.83. The summed E-state index contributed by atoms with van der Waals surface area (Å²) in [6, 6.07) is 9.28. The number of benzene rings is 2. The van der Waals surface area contributed by atoms with E-state index in [9.17, 15) is 8.78 Å². The molecule has 19 heavy (non-hydrogen) atoms. The van der Waals surface area contributed by atoms with Gasteiger partial charge in [0, 0.05) is 6.07 Å². The fourth-order valence-corrected chi connectivity index (χ4v) is 2.15. The van der Waals surface area contributed by atoms with Crippen molar-refractivity contribution >= 4 is 17.0 Å². The number of halogens is 2. The highest BCUT2D eigenvalue weighted by Gasteiger charge is 2.12. The van der Waals surface area contributed by atoms with E-state index in [0.717, 1.165) is 28.7 Å². The molecular weight excluding hydrogens is 248 g/mol. The van der Waals surface area contributed by atoms with Crippen molar-refractivity contribution in [3.63, 3.8) is 0 Å². The summed E-state index contributed by atoms with van der Waals surface area (Å²) in [4.78, 5) is 4.27. The molecule has 0 radical (unpaired) electrons. The quantitative estimate of drug-likeness (QED) is 0.729. The number of nitrogen functional groups attached to an aromatic ring is 1. The minimum Gasteiger partial charge on any atom is -0.369 e. The van der Waals surface area contributed by atoms with Crippen LogP contribution in [0.1, 0.15) is 5.56 Å². The first-order chi connectivity index (χ1) is 9.08. The molecule has 0 unspecified atom stereocenters. The van der Waals surface area contributed by atoms with Gasteiger partial charge in [-0.2, -0.15) is 0 Å². The summed E-state index contributed by atoms with van der Waals surface area (Å²) < 4.78 is 27.9. The van der Waals surface area contributed by atoms with Crippen LogP contribution in [0.5, 0.6) is 0 Å². The summed E-state index contributed by atoms with van der Waals surface area (Å²) in [6.07, 6.45) is 0. The van der Waals surface area contributed by atoms with E-state index in [1.807, 2.05) is 25.1 Å². The van der Waals surface area contributed by atoms with Crippen LogP contribution in [-0.4, -0.2) is 9.55 Å². The van der Waals surface area contributed by atoms with E-state index < -0.39 is 11.6 Å². The Kier molecular flexibility index (Phi) is 2.48. The third-order valence-corrected chi connectivity index (χ3v) is 3.07. The van der Waals surface area contributed by atoms with E-state index in [-0.39, 0.29) is 5.95 Å². The van der Waals surface area contributed by atoms with E-state index in [4.69, 9.17) is 5.73 Å². The summed E-state index contributed by atoms with van der Waals surface area (Å²) in [6.45, 7) is 1.92.